The zero-order valence-electron chi connectivity index (χ0n) is 7.99. The molecular weight excluding hydrogens is 174 g/mol. The predicted octanol–water partition coefficient (Wildman–Crippen LogP) is 2.56. The molecule has 0 amide bonds. The van der Waals surface area contributed by atoms with Gasteiger partial charge in [0, 0.05) is 23.2 Å². The van der Waals surface area contributed by atoms with E-state index < -0.39 is 0 Å². The zero-order chi connectivity index (χ0) is 9.54. The van der Waals surface area contributed by atoms with E-state index in [4.69, 9.17) is 0 Å². The molecule has 1 aromatic carbocycles. The third-order valence-corrected chi connectivity index (χ3v) is 3.47. The van der Waals surface area contributed by atoms with Crippen LogP contribution < -0.4 is 5.32 Å². The lowest BCUT2D eigenvalue weighted by molar-refractivity contribution is 0.112. The summed E-state index contributed by atoms with van der Waals surface area (Å²) in [5.41, 5.74) is 3.40. The Morgan fingerprint density at radius 1 is 1.36 bits per heavy atom. The van der Waals surface area contributed by atoms with Crippen molar-refractivity contribution < 1.29 is 4.79 Å². The average Bonchev–Trinajstić information content (AvgIpc) is 2.76. The number of fused-ring (bicyclic) bond motifs is 3. The molecular formula is C12H13NO. The summed E-state index contributed by atoms with van der Waals surface area (Å²) >= 11 is 0. The van der Waals surface area contributed by atoms with Crippen molar-refractivity contribution in [2.75, 3.05) is 5.32 Å². The van der Waals surface area contributed by atoms with Crippen molar-refractivity contribution in [2.45, 2.75) is 31.2 Å². The Morgan fingerprint density at radius 2 is 2.29 bits per heavy atom. The monoisotopic (exact) mass is 187 g/mol. The molecule has 14 heavy (non-hydrogen) atoms. The Labute approximate surface area is 83.3 Å². The van der Waals surface area contributed by atoms with Crippen LogP contribution in [0.2, 0.25) is 0 Å². The smallest absolute Gasteiger partial charge is 0.150 e. The number of nitrogens with one attached hydrogen (secondary N) is 1. The van der Waals surface area contributed by atoms with Gasteiger partial charge in [-0.15, -0.1) is 0 Å². The van der Waals surface area contributed by atoms with Crippen LogP contribution in [0.4, 0.5) is 5.69 Å². The van der Waals surface area contributed by atoms with Gasteiger partial charge in [-0.2, -0.15) is 0 Å². The molecule has 72 valence electrons. The van der Waals surface area contributed by atoms with Gasteiger partial charge in [0.15, 0.2) is 0 Å². The predicted molar refractivity (Wildman–Crippen MR) is 55.8 cm³/mol. The normalized spacial score (nSPS) is 28.0. The molecule has 2 unspecified atom stereocenters. The van der Waals surface area contributed by atoms with Crippen LogP contribution in [0.25, 0.3) is 0 Å². The summed E-state index contributed by atoms with van der Waals surface area (Å²) < 4.78 is 0. The van der Waals surface area contributed by atoms with E-state index in [1.165, 1.54) is 30.5 Å². The third kappa shape index (κ3) is 0.999. The largest absolute Gasteiger partial charge is 0.381 e. The third-order valence-electron chi connectivity index (χ3n) is 3.47. The highest BCUT2D eigenvalue weighted by Gasteiger charge is 2.35. The molecule has 1 heterocycles. The van der Waals surface area contributed by atoms with E-state index >= 15 is 0 Å². The van der Waals surface area contributed by atoms with E-state index in [0.29, 0.717) is 12.0 Å². The lowest BCUT2D eigenvalue weighted by Crippen LogP contribution is -2.13. The van der Waals surface area contributed by atoms with E-state index in [-0.39, 0.29) is 0 Å². The minimum Gasteiger partial charge on any atom is -0.381 e. The molecule has 2 atom stereocenters. The van der Waals surface area contributed by atoms with Crippen molar-refractivity contribution in [1.82, 2.24) is 0 Å². The van der Waals surface area contributed by atoms with Crippen LogP contribution in [-0.4, -0.2) is 12.3 Å². The first-order valence-electron chi connectivity index (χ1n) is 5.24. The molecule has 1 aliphatic carbocycles. The quantitative estimate of drug-likeness (QED) is 0.684. The van der Waals surface area contributed by atoms with E-state index in [9.17, 15) is 4.79 Å². The molecule has 3 rings (SSSR count). The molecule has 2 heteroatoms. The first-order valence-corrected chi connectivity index (χ1v) is 5.24. The summed E-state index contributed by atoms with van der Waals surface area (Å²) in [7, 11) is 0. The van der Waals surface area contributed by atoms with Gasteiger partial charge in [-0.25, -0.2) is 0 Å². The molecule has 0 aromatic heterocycles. The molecule has 0 bridgehead atoms. The summed E-state index contributed by atoms with van der Waals surface area (Å²) in [6, 6.07) is 6.61. The highest BCUT2D eigenvalue weighted by atomic mass is 16.1. The summed E-state index contributed by atoms with van der Waals surface area (Å²) in [5, 5.41) is 3.53. The van der Waals surface area contributed by atoms with E-state index in [2.05, 4.69) is 5.32 Å². The fourth-order valence-electron chi connectivity index (χ4n) is 2.80. The van der Waals surface area contributed by atoms with E-state index in [1.54, 1.807) is 0 Å². The maximum absolute atomic E-state index is 10.7. The second kappa shape index (κ2) is 2.84. The molecule has 1 fully saturated rings. The van der Waals surface area contributed by atoms with Gasteiger partial charge in [-0.05, 0) is 36.6 Å². The van der Waals surface area contributed by atoms with Gasteiger partial charge in [0.1, 0.15) is 6.29 Å². The van der Waals surface area contributed by atoms with Gasteiger partial charge in [0.25, 0.3) is 0 Å². The van der Waals surface area contributed by atoms with Crippen LogP contribution in [0.3, 0.4) is 0 Å². The highest BCUT2D eigenvalue weighted by Crippen LogP contribution is 2.45. The fourth-order valence-corrected chi connectivity index (χ4v) is 2.80. The number of hydrogen-bond donors (Lipinski definition) is 1. The highest BCUT2D eigenvalue weighted by molar-refractivity contribution is 5.78. The van der Waals surface area contributed by atoms with Crippen LogP contribution in [0.5, 0.6) is 0 Å². The number of benzene rings is 1. The fraction of sp³-hybridized carbons (Fsp3) is 0.417. The van der Waals surface area contributed by atoms with E-state index in [1.807, 2.05) is 18.2 Å². The SMILES string of the molecule is O=Cc1ccc2c(c1)C1CCCC1N2. The Kier molecular flexibility index (Phi) is 1.63. The first kappa shape index (κ1) is 8.04. The van der Waals surface area contributed by atoms with Crippen molar-refractivity contribution in [3.05, 3.63) is 29.3 Å². The average molecular weight is 187 g/mol. The Bertz CT molecular complexity index is 386. The van der Waals surface area contributed by atoms with Gasteiger partial charge in [0.2, 0.25) is 0 Å². The van der Waals surface area contributed by atoms with Gasteiger partial charge >= 0.3 is 0 Å². The van der Waals surface area contributed by atoms with Crippen LogP contribution in [-0.2, 0) is 0 Å². The molecule has 1 aliphatic heterocycles. The van der Waals surface area contributed by atoms with Crippen LogP contribution in [0, 0.1) is 0 Å². The Morgan fingerprint density at radius 3 is 3.14 bits per heavy atom. The zero-order valence-corrected chi connectivity index (χ0v) is 7.99. The van der Waals surface area contributed by atoms with Crippen LogP contribution in [0.1, 0.15) is 41.1 Å². The van der Waals surface area contributed by atoms with Gasteiger partial charge in [0.05, 0.1) is 0 Å². The first-order chi connectivity index (χ1) is 6.88. The Hall–Kier alpha value is -1.31. The summed E-state index contributed by atoms with van der Waals surface area (Å²) in [6.07, 6.45) is 4.79. The van der Waals surface area contributed by atoms with Crippen LogP contribution >= 0.6 is 0 Å². The maximum Gasteiger partial charge on any atom is 0.150 e. The van der Waals surface area contributed by atoms with E-state index in [0.717, 1.165) is 11.8 Å². The molecule has 1 saturated carbocycles. The minimum atomic E-state index is 0.631. The molecule has 1 N–H and O–H groups in total. The molecule has 1 aromatic rings. The second-order valence-corrected chi connectivity index (χ2v) is 4.25. The number of anilines is 1. The topological polar surface area (TPSA) is 29.1 Å². The Balaban J connectivity index is 2.07. The number of hydrogen-bond acceptors (Lipinski definition) is 2. The van der Waals surface area contributed by atoms with Crippen LogP contribution in [0.15, 0.2) is 18.2 Å². The van der Waals surface area contributed by atoms with Crippen molar-refractivity contribution in [3.8, 4) is 0 Å². The van der Waals surface area contributed by atoms with Crippen molar-refractivity contribution in [3.63, 3.8) is 0 Å². The number of carbonyl (C=O) groups excluding carboxylic acids is 1. The molecule has 2 aliphatic rings. The van der Waals surface area contributed by atoms with Crippen molar-refractivity contribution in [2.24, 2.45) is 0 Å². The molecule has 0 spiro atoms. The van der Waals surface area contributed by atoms with Crippen molar-refractivity contribution in [1.29, 1.82) is 0 Å². The second-order valence-electron chi connectivity index (χ2n) is 4.25. The molecule has 0 radical (unpaired) electrons. The molecule has 0 saturated heterocycles. The number of rotatable bonds is 1. The number of aldehydes is 1. The lowest BCUT2D eigenvalue weighted by atomic mass is 9.96. The minimum absolute atomic E-state index is 0.631. The van der Waals surface area contributed by atoms with Gasteiger partial charge in [-0.3, -0.25) is 4.79 Å². The van der Waals surface area contributed by atoms with Crippen molar-refractivity contribution >= 4 is 12.0 Å². The molecule has 2 nitrogen and oxygen atoms in total. The van der Waals surface area contributed by atoms with Gasteiger partial charge < -0.3 is 5.32 Å². The maximum atomic E-state index is 10.7. The summed E-state index contributed by atoms with van der Waals surface area (Å²) in [6.45, 7) is 0. The standard InChI is InChI=1S/C12H13NO/c14-7-8-4-5-12-10(6-8)9-2-1-3-11(9)13-12/h4-7,9,11,13H,1-3H2. The summed E-state index contributed by atoms with van der Waals surface area (Å²) in [4.78, 5) is 10.7. The number of carbonyl (C=O) groups is 1. The lowest BCUT2D eigenvalue weighted by Gasteiger charge is -2.08. The summed E-state index contributed by atoms with van der Waals surface area (Å²) in [5.74, 6) is 0.657. The van der Waals surface area contributed by atoms with Gasteiger partial charge in [-0.1, -0.05) is 6.42 Å².